The van der Waals surface area contributed by atoms with Gasteiger partial charge in [-0.25, -0.2) is 18.4 Å². The largest absolute Gasteiger partial charge is 0.471 e. The number of rotatable bonds is 7. The minimum absolute atomic E-state index is 0.0385. The molecule has 1 unspecified atom stereocenters. The number of nitriles is 1. The van der Waals surface area contributed by atoms with Crippen molar-refractivity contribution in [3.05, 3.63) is 71.4 Å². The summed E-state index contributed by atoms with van der Waals surface area (Å²) in [6, 6.07) is 12.0. The number of fused-ring (bicyclic) bond motifs is 3. The van der Waals surface area contributed by atoms with E-state index in [0.717, 1.165) is 29.1 Å². The van der Waals surface area contributed by atoms with Crippen molar-refractivity contribution < 1.29 is 27.5 Å². The second kappa shape index (κ2) is 14.5. The third kappa shape index (κ3) is 7.24. The highest BCUT2D eigenvalue weighted by molar-refractivity contribution is 7.91. The number of nitrogens with one attached hydrogen (secondary N) is 3. The number of thiophene rings is 2. The maximum atomic E-state index is 14.5. The zero-order valence-electron chi connectivity index (χ0n) is 27.4. The highest BCUT2D eigenvalue weighted by Crippen LogP contribution is 2.45. The van der Waals surface area contributed by atoms with E-state index in [1.165, 1.54) is 22.3 Å². The molecule has 3 amide bonds. The molecule has 3 N–H and O–H groups in total. The van der Waals surface area contributed by atoms with Gasteiger partial charge >= 0.3 is 0 Å². The van der Waals surface area contributed by atoms with Crippen LogP contribution in [0.2, 0.25) is 0 Å². The fourth-order valence-corrected chi connectivity index (χ4v) is 9.70. The molecule has 7 rings (SSSR count). The number of hydrogen-bond donors (Lipinski definition) is 3. The van der Waals surface area contributed by atoms with Gasteiger partial charge in [-0.15, -0.1) is 22.7 Å². The van der Waals surface area contributed by atoms with E-state index in [0.29, 0.717) is 36.0 Å². The van der Waals surface area contributed by atoms with Gasteiger partial charge in [-0.1, -0.05) is 49.3 Å². The van der Waals surface area contributed by atoms with Crippen LogP contribution < -0.4 is 20.1 Å². The minimum Gasteiger partial charge on any atom is -0.471 e. The van der Waals surface area contributed by atoms with Gasteiger partial charge in [0, 0.05) is 12.3 Å². The molecule has 2 fully saturated rings. The van der Waals surface area contributed by atoms with E-state index in [-0.39, 0.29) is 35.4 Å². The Hall–Kier alpha value is -4.69. The number of allylic oxidation sites excluding steroid dienone is 1. The molecule has 1 aliphatic carbocycles. The normalized spacial score (nSPS) is 26.1. The molecule has 0 radical (unpaired) electrons. The number of amides is 3. The smallest absolute Gasteiger partial charge is 0.259 e. The van der Waals surface area contributed by atoms with Crippen LogP contribution >= 0.6 is 22.7 Å². The van der Waals surface area contributed by atoms with Gasteiger partial charge in [0.15, 0.2) is 6.19 Å². The molecule has 1 aromatic carbocycles. The fourth-order valence-electron chi connectivity index (χ4n) is 6.76. The van der Waals surface area contributed by atoms with Gasteiger partial charge in [-0.05, 0) is 60.7 Å². The number of aromatic nitrogens is 2. The molecule has 13 nitrogen and oxygen atoms in total. The summed E-state index contributed by atoms with van der Waals surface area (Å²) in [4.78, 5) is 53.7. The molecule has 3 aromatic heterocycles. The Kier molecular flexibility index (Phi) is 9.88. The summed E-state index contributed by atoms with van der Waals surface area (Å²) in [5.74, 6) is -1.89. The molecule has 4 aromatic rings. The summed E-state index contributed by atoms with van der Waals surface area (Å²) >= 11 is 2.51. The lowest BCUT2D eigenvalue weighted by molar-refractivity contribution is -0.141. The van der Waals surface area contributed by atoms with Gasteiger partial charge in [0.25, 0.3) is 15.9 Å². The Morgan fingerprint density at radius 1 is 1.04 bits per heavy atom. The van der Waals surface area contributed by atoms with E-state index < -0.39 is 51.5 Å². The van der Waals surface area contributed by atoms with E-state index in [4.69, 9.17) is 14.7 Å². The zero-order valence-corrected chi connectivity index (χ0v) is 29.8. The second-order valence-electron chi connectivity index (χ2n) is 12.8. The van der Waals surface area contributed by atoms with Crippen molar-refractivity contribution >= 4 is 61.5 Å². The van der Waals surface area contributed by atoms with Crippen molar-refractivity contribution in [2.45, 2.75) is 72.9 Å². The lowest BCUT2D eigenvalue weighted by Gasteiger charge is -2.29. The average molecular weight is 746 g/mol. The molecule has 0 spiro atoms. The molecular weight excluding hydrogens is 711 g/mol. The monoisotopic (exact) mass is 745 g/mol. The molecule has 1 saturated heterocycles. The molecule has 5 atom stereocenters. The highest BCUT2D eigenvalue weighted by Gasteiger charge is 2.61. The number of carbonyl (C=O) groups excluding carboxylic acids is 3. The maximum absolute atomic E-state index is 14.5. The van der Waals surface area contributed by atoms with E-state index in [1.807, 2.05) is 53.9 Å². The van der Waals surface area contributed by atoms with Crippen molar-refractivity contribution in [3.63, 3.8) is 0 Å². The molecule has 264 valence electrons. The first kappa shape index (κ1) is 34.7. The summed E-state index contributed by atoms with van der Waals surface area (Å²) < 4.78 is 36.0. The van der Waals surface area contributed by atoms with Crippen molar-refractivity contribution in [1.82, 2.24) is 30.2 Å². The Labute approximate surface area is 302 Å². The Morgan fingerprint density at radius 2 is 1.82 bits per heavy atom. The standard InChI is InChI=1S/C35H35N7O6S3/c36-21-37-34(45)35-19-22(35)10-4-2-1-3-5-13-26(41-51(46,47)29-15-9-17-50-29)33(44)42-20-23(18-27(42)31(43)40-35)48-32-30(28-14-8-16-49-28)38-24-11-6-7-12-25(24)39-32/h4,6-12,14-17,22-23,26-27,41H,1-3,5,13,18-20H2,(H,37,45)(H,40,43)/b10-4+/t22?,23-,26-,27+,35-/m1/s1. The quantitative estimate of drug-likeness (QED) is 0.142. The van der Waals surface area contributed by atoms with E-state index in [1.54, 1.807) is 17.6 Å². The number of hydrogen-bond acceptors (Lipinski definition) is 11. The molecule has 16 heteroatoms. The van der Waals surface area contributed by atoms with Crippen molar-refractivity contribution in [1.29, 1.82) is 5.26 Å². The first-order valence-electron chi connectivity index (χ1n) is 16.7. The second-order valence-corrected chi connectivity index (χ2v) is 16.7. The topological polar surface area (TPSA) is 183 Å². The predicted octanol–water partition coefficient (Wildman–Crippen LogP) is 4.11. The average Bonchev–Trinajstić information content (AvgIpc) is 3.65. The predicted molar refractivity (Wildman–Crippen MR) is 191 cm³/mol. The molecule has 0 bridgehead atoms. The third-order valence-corrected chi connectivity index (χ3v) is 13.2. The van der Waals surface area contributed by atoms with Gasteiger partial charge in [0.2, 0.25) is 17.7 Å². The van der Waals surface area contributed by atoms with E-state index in [2.05, 4.69) is 15.4 Å². The number of sulfonamides is 1. The summed E-state index contributed by atoms with van der Waals surface area (Å²) in [7, 11) is -4.04. The molecule has 5 heterocycles. The minimum atomic E-state index is -4.04. The maximum Gasteiger partial charge on any atom is 0.259 e. The van der Waals surface area contributed by atoms with Crippen molar-refractivity contribution in [3.8, 4) is 22.6 Å². The van der Waals surface area contributed by atoms with Crippen LogP contribution in [0.15, 0.2) is 75.7 Å². The summed E-state index contributed by atoms with van der Waals surface area (Å²) in [6.45, 7) is -0.0484. The molecule has 1 saturated carbocycles. The molecular formula is C35H35N7O6S3. The van der Waals surface area contributed by atoms with Gasteiger partial charge in [0.1, 0.15) is 33.6 Å². The Balaban J connectivity index is 1.24. The van der Waals surface area contributed by atoms with Crippen LogP contribution in [0, 0.1) is 17.4 Å². The van der Waals surface area contributed by atoms with Crippen LogP contribution in [0.25, 0.3) is 21.6 Å². The Morgan fingerprint density at radius 3 is 2.57 bits per heavy atom. The van der Waals surface area contributed by atoms with Crippen LogP contribution in [0.3, 0.4) is 0 Å². The number of benzene rings is 1. The lowest BCUT2D eigenvalue weighted by Crippen LogP contribution is -2.57. The number of carbonyl (C=O) groups is 3. The fraction of sp³-hybridized carbons (Fsp3) is 0.371. The lowest BCUT2D eigenvalue weighted by atomic mass is 10.1. The van der Waals surface area contributed by atoms with Gasteiger partial charge in [-0.2, -0.15) is 9.98 Å². The van der Waals surface area contributed by atoms with Gasteiger partial charge in [-0.3, -0.25) is 19.7 Å². The van der Waals surface area contributed by atoms with Crippen molar-refractivity contribution in [2.75, 3.05) is 6.54 Å². The number of ether oxygens (including phenoxy) is 1. The van der Waals surface area contributed by atoms with Gasteiger partial charge < -0.3 is 15.0 Å². The summed E-state index contributed by atoms with van der Waals surface area (Å²) in [5, 5.41) is 17.8. The van der Waals surface area contributed by atoms with Gasteiger partial charge in [0.05, 0.1) is 22.5 Å². The molecule has 3 aliphatic rings. The highest BCUT2D eigenvalue weighted by atomic mass is 32.2. The van der Waals surface area contributed by atoms with Crippen LogP contribution in [0.5, 0.6) is 5.88 Å². The Bertz CT molecular complexity index is 2120. The van der Waals surface area contributed by atoms with Crippen LogP contribution in [-0.4, -0.2) is 71.3 Å². The summed E-state index contributed by atoms with van der Waals surface area (Å²) in [6.07, 6.45) is 8.13. The molecule has 2 aliphatic heterocycles. The zero-order chi connectivity index (χ0) is 35.6. The summed E-state index contributed by atoms with van der Waals surface area (Å²) in [5.41, 5.74) is 0.450. The van der Waals surface area contributed by atoms with Crippen molar-refractivity contribution in [2.24, 2.45) is 5.92 Å². The van der Waals surface area contributed by atoms with E-state index >= 15 is 0 Å². The first-order chi connectivity index (χ1) is 24.7. The van der Waals surface area contributed by atoms with Crippen LogP contribution in [0.4, 0.5) is 0 Å². The number of nitrogens with zero attached hydrogens (tertiary/aromatic N) is 4. The van der Waals surface area contributed by atoms with E-state index in [9.17, 15) is 28.1 Å². The van der Waals surface area contributed by atoms with Crippen LogP contribution in [0.1, 0.15) is 44.9 Å². The molecule has 51 heavy (non-hydrogen) atoms. The van der Waals surface area contributed by atoms with Crippen LogP contribution in [-0.2, 0) is 24.4 Å². The first-order valence-corrected chi connectivity index (χ1v) is 19.9. The SMILES string of the molecule is N#CNC(=O)[C@@]12CC1/C=C/CCCCC[C@@H](NS(=O)(=O)c1cccs1)C(=O)N1C[C@H](Oc3nc4ccccc4nc3-c3cccs3)C[C@H]1C(=O)N2. The number of para-hydroxylation sites is 2. The third-order valence-electron chi connectivity index (χ3n) is 9.44.